The van der Waals surface area contributed by atoms with Crippen molar-refractivity contribution < 1.29 is 18.0 Å². The second kappa shape index (κ2) is 7.65. The maximum absolute atomic E-state index is 14.0. The van der Waals surface area contributed by atoms with Crippen molar-refractivity contribution in [1.82, 2.24) is 24.9 Å². The van der Waals surface area contributed by atoms with E-state index in [1.54, 1.807) is 30.1 Å². The van der Waals surface area contributed by atoms with Crippen molar-refractivity contribution in [3.05, 3.63) is 76.9 Å². The Morgan fingerprint density at radius 2 is 1.85 bits per heavy atom. The summed E-state index contributed by atoms with van der Waals surface area (Å²) in [5.41, 5.74) is 3.68. The van der Waals surface area contributed by atoms with Crippen LogP contribution in [0.4, 0.5) is 13.2 Å². The number of piperidine rings is 1. The molecule has 6 rings (SSSR count). The molecule has 0 radical (unpaired) electrons. The van der Waals surface area contributed by atoms with Crippen molar-refractivity contribution in [3.63, 3.8) is 0 Å². The van der Waals surface area contributed by atoms with Crippen LogP contribution >= 0.6 is 0 Å². The highest BCUT2D eigenvalue weighted by atomic mass is 19.2. The Kier molecular flexibility index (Phi) is 4.68. The molecule has 4 aromatic rings. The molecule has 0 saturated carbocycles. The molecule has 2 bridgehead atoms. The second-order valence-corrected chi connectivity index (χ2v) is 8.91. The normalized spacial score (nSPS) is 19.4. The molecule has 0 N–H and O–H groups in total. The monoisotopic (exact) mass is 463 g/mol. The first-order valence-electron chi connectivity index (χ1n) is 11.2. The Morgan fingerprint density at radius 3 is 2.65 bits per heavy atom. The van der Waals surface area contributed by atoms with Crippen LogP contribution in [0.15, 0.2) is 42.6 Å². The van der Waals surface area contributed by atoms with Crippen LogP contribution in [-0.2, 0) is 13.5 Å². The van der Waals surface area contributed by atoms with Crippen LogP contribution in [0.1, 0.15) is 46.9 Å². The number of hydrogen-bond donors (Lipinski definition) is 0. The number of nitrogens with zero attached hydrogens (tertiary/aromatic N) is 5. The van der Waals surface area contributed by atoms with Gasteiger partial charge in [-0.2, -0.15) is 15.3 Å². The third kappa shape index (κ3) is 3.10. The highest BCUT2D eigenvalue weighted by Gasteiger charge is 2.43. The number of carbonyl (C=O) groups is 1. The van der Waals surface area contributed by atoms with Crippen molar-refractivity contribution in [3.8, 4) is 11.3 Å². The molecule has 1 saturated heterocycles. The minimum atomic E-state index is -1.49. The van der Waals surface area contributed by atoms with E-state index in [0.29, 0.717) is 23.2 Å². The van der Waals surface area contributed by atoms with Gasteiger partial charge in [-0.25, -0.2) is 13.2 Å². The summed E-state index contributed by atoms with van der Waals surface area (Å²) in [4.78, 5) is 15.6. The highest BCUT2D eigenvalue weighted by Crippen LogP contribution is 2.45. The number of hydrogen-bond acceptors (Lipinski definition) is 4. The molecule has 1 amide bonds. The zero-order valence-corrected chi connectivity index (χ0v) is 18.3. The largest absolute Gasteiger partial charge is 0.327 e. The predicted molar refractivity (Wildman–Crippen MR) is 118 cm³/mol. The molecule has 4 heterocycles. The SMILES string of the molecule is Cn1nc2c(c1-c1cc(F)c(F)c(F)c1)C[C@H]1CCC[C@@H]2N1C(=O)c1ccc2nnccc2c1. The van der Waals surface area contributed by atoms with Gasteiger partial charge in [0.25, 0.3) is 5.91 Å². The maximum Gasteiger partial charge on any atom is 0.254 e. The topological polar surface area (TPSA) is 63.9 Å². The lowest BCUT2D eigenvalue weighted by atomic mass is 9.81. The fourth-order valence-electron chi connectivity index (χ4n) is 5.47. The molecule has 6 nitrogen and oxygen atoms in total. The Hall–Kier alpha value is -3.75. The molecule has 9 heteroatoms. The zero-order valence-electron chi connectivity index (χ0n) is 18.3. The summed E-state index contributed by atoms with van der Waals surface area (Å²) in [6.07, 6.45) is 4.63. The number of aryl methyl sites for hydroxylation is 1. The fourth-order valence-corrected chi connectivity index (χ4v) is 5.47. The van der Waals surface area contributed by atoms with Gasteiger partial charge in [0, 0.05) is 35.2 Å². The summed E-state index contributed by atoms with van der Waals surface area (Å²) in [5, 5.41) is 13.5. The molecular weight excluding hydrogens is 443 g/mol. The van der Waals surface area contributed by atoms with Crippen LogP contribution in [0.2, 0.25) is 0 Å². The van der Waals surface area contributed by atoms with Gasteiger partial charge in [0.15, 0.2) is 17.5 Å². The van der Waals surface area contributed by atoms with Crippen LogP contribution in [0.3, 0.4) is 0 Å². The average Bonchev–Trinajstić information content (AvgIpc) is 3.16. The Bertz CT molecular complexity index is 1440. The van der Waals surface area contributed by atoms with E-state index >= 15 is 0 Å². The summed E-state index contributed by atoms with van der Waals surface area (Å²) in [7, 11) is 1.70. The first kappa shape index (κ1) is 20.8. The number of carbonyl (C=O) groups excluding carboxylic acids is 1. The van der Waals surface area contributed by atoms with E-state index in [0.717, 1.165) is 48.0 Å². The number of amides is 1. The van der Waals surface area contributed by atoms with Gasteiger partial charge in [-0.1, -0.05) is 0 Å². The van der Waals surface area contributed by atoms with Crippen LogP contribution in [0.5, 0.6) is 0 Å². The van der Waals surface area contributed by atoms with Gasteiger partial charge in [-0.15, -0.1) is 0 Å². The van der Waals surface area contributed by atoms with E-state index in [1.807, 2.05) is 17.0 Å². The number of fused-ring (bicyclic) bond motifs is 5. The van der Waals surface area contributed by atoms with Crippen molar-refractivity contribution in [1.29, 1.82) is 0 Å². The average molecular weight is 463 g/mol. The van der Waals surface area contributed by atoms with Gasteiger partial charge < -0.3 is 4.90 Å². The standard InChI is InChI=1S/C25H20F3N5O/c1-32-24(15-10-18(26)22(28)19(27)11-15)17-12-16-3-2-4-21(23(17)31-32)33(16)25(34)14-5-6-20-13(9-14)7-8-29-30-20/h5-11,16,21H,2-4,12H2,1H3/t16-,21+/m1/s1. The smallest absolute Gasteiger partial charge is 0.254 e. The predicted octanol–water partition coefficient (Wildman–Crippen LogP) is 4.74. The van der Waals surface area contributed by atoms with E-state index in [9.17, 15) is 18.0 Å². The third-order valence-electron chi connectivity index (χ3n) is 6.93. The third-order valence-corrected chi connectivity index (χ3v) is 6.93. The molecule has 2 aromatic heterocycles. The Labute approximate surface area is 193 Å². The van der Waals surface area contributed by atoms with E-state index in [2.05, 4.69) is 15.3 Å². The molecule has 2 aliphatic heterocycles. The molecule has 2 aliphatic rings. The minimum absolute atomic E-state index is 0.0666. The molecule has 2 atom stereocenters. The number of rotatable bonds is 2. The highest BCUT2D eigenvalue weighted by molar-refractivity contribution is 5.98. The first-order chi connectivity index (χ1) is 16.4. The van der Waals surface area contributed by atoms with E-state index in [1.165, 1.54) is 0 Å². The van der Waals surface area contributed by atoms with Crippen molar-refractivity contribution in [2.45, 2.75) is 37.8 Å². The lowest BCUT2D eigenvalue weighted by Gasteiger charge is -2.45. The summed E-state index contributed by atoms with van der Waals surface area (Å²) in [6.45, 7) is 0. The number of benzene rings is 2. The van der Waals surface area contributed by atoms with Crippen LogP contribution < -0.4 is 0 Å². The van der Waals surface area contributed by atoms with Crippen LogP contribution in [0.25, 0.3) is 22.2 Å². The van der Waals surface area contributed by atoms with Crippen LogP contribution in [-0.4, -0.2) is 36.8 Å². The zero-order chi connectivity index (χ0) is 23.6. The number of halogens is 3. The molecule has 0 unspecified atom stereocenters. The van der Waals surface area contributed by atoms with Gasteiger partial charge in [0.1, 0.15) is 0 Å². The van der Waals surface area contributed by atoms with E-state index < -0.39 is 17.5 Å². The van der Waals surface area contributed by atoms with Crippen molar-refractivity contribution in [2.75, 3.05) is 0 Å². The Balaban J connectivity index is 1.42. The van der Waals surface area contributed by atoms with Gasteiger partial charge in [0.2, 0.25) is 0 Å². The van der Waals surface area contributed by atoms with Gasteiger partial charge >= 0.3 is 0 Å². The van der Waals surface area contributed by atoms with E-state index in [4.69, 9.17) is 0 Å². The molecule has 172 valence electrons. The maximum atomic E-state index is 14.0. The van der Waals surface area contributed by atoms with E-state index in [-0.39, 0.29) is 23.6 Å². The summed E-state index contributed by atoms with van der Waals surface area (Å²) >= 11 is 0. The summed E-state index contributed by atoms with van der Waals surface area (Å²) in [5.74, 6) is -4.04. The molecule has 0 spiro atoms. The van der Waals surface area contributed by atoms with Crippen molar-refractivity contribution >= 4 is 16.8 Å². The van der Waals surface area contributed by atoms with Gasteiger partial charge in [-0.3, -0.25) is 9.48 Å². The first-order valence-corrected chi connectivity index (χ1v) is 11.2. The summed E-state index contributed by atoms with van der Waals surface area (Å²) < 4.78 is 43.1. The summed E-state index contributed by atoms with van der Waals surface area (Å²) in [6, 6.07) is 8.89. The molecular formula is C25H20F3N5O. The molecule has 34 heavy (non-hydrogen) atoms. The van der Waals surface area contributed by atoms with Crippen LogP contribution in [0, 0.1) is 17.5 Å². The van der Waals surface area contributed by atoms with Crippen molar-refractivity contribution in [2.24, 2.45) is 7.05 Å². The second-order valence-electron chi connectivity index (χ2n) is 8.91. The lowest BCUT2D eigenvalue weighted by Crippen LogP contribution is -2.49. The fraction of sp³-hybridized carbons (Fsp3) is 0.280. The molecule has 0 aliphatic carbocycles. The molecule has 1 fully saturated rings. The van der Waals surface area contributed by atoms with Gasteiger partial charge in [-0.05, 0) is 62.1 Å². The number of aromatic nitrogens is 4. The Morgan fingerprint density at radius 1 is 1.06 bits per heavy atom. The lowest BCUT2D eigenvalue weighted by molar-refractivity contribution is 0.0392. The minimum Gasteiger partial charge on any atom is -0.327 e. The van der Waals surface area contributed by atoms with Gasteiger partial charge in [0.05, 0.1) is 29.1 Å². The molecule has 2 aromatic carbocycles. The quantitative estimate of drug-likeness (QED) is 0.403.